The topological polar surface area (TPSA) is 101 Å². The van der Waals surface area contributed by atoms with E-state index < -0.39 is 17.9 Å². The lowest BCUT2D eigenvalue weighted by molar-refractivity contribution is -0.185. The Morgan fingerprint density at radius 1 is 1.17 bits per heavy atom. The van der Waals surface area contributed by atoms with Gasteiger partial charge in [-0.05, 0) is 12.5 Å². The number of alkyl halides is 2. The summed E-state index contributed by atoms with van der Waals surface area (Å²) in [4.78, 5) is 28.2. The zero-order valence-corrected chi connectivity index (χ0v) is 19.7. The van der Waals surface area contributed by atoms with Gasteiger partial charge < -0.3 is 19.9 Å². The van der Waals surface area contributed by atoms with Crippen LogP contribution >= 0.6 is 0 Å². The van der Waals surface area contributed by atoms with Gasteiger partial charge in [-0.1, -0.05) is 0 Å². The Bertz CT molecular complexity index is 1260. The molecule has 1 N–H and O–H groups in total. The van der Waals surface area contributed by atoms with Gasteiger partial charge in [-0.25, -0.2) is 23.7 Å². The second-order valence-corrected chi connectivity index (χ2v) is 9.07. The Labute approximate surface area is 200 Å². The molecule has 10 nitrogen and oxygen atoms in total. The van der Waals surface area contributed by atoms with E-state index in [1.54, 1.807) is 55.6 Å². The number of halogens is 2. The summed E-state index contributed by atoms with van der Waals surface area (Å²) in [7, 11) is 3.36. The minimum absolute atomic E-state index is 0.145. The third kappa shape index (κ3) is 4.24. The van der Waals surface area contributed by atoms with Gasteiger partial charge in [0.05, 0.1) is 30.8 Å². The van der Waals surface area contributed by atoms with E-state index in [0.717, 1.165) is 0 Å². The second-order valence-electron chi connectivity index (χ2n) is 9.07. The van der Waals surface area contributed by atoms with Crippen molar-refractivity contribution in [2.45, 2.75) is 19.3 Å². The Morgan fingerprint density at radius 3 is 2.63 bits per heavy atom. The van der Waals surface area contributed by atoms with Crippen LogP contribution < -0.4 is 15.0 Å². The first-order chi connectivity index (χ1) is 16.7. The summed E-state index contributed by atoms with van der Waals surface area (Å²) < 4.78 is 37.1. The molecule has 2 saturated heterocycles. The van der Waals surface area contributed by atoms with Gasteiger partial charge in [-0.3, -0.25) is 9.48 Å². The number of nitrogens with one attached hydrogen (secondary N) is 1. The Hall–Kier alpha value is -3.83. The zero-order valence-electron chi connectivity index (χ0n) is 19.7. The van der Waals surface area contributed by atoms with Gasteiger partial charge in [-0.2, -0.15) is 5.10 Å². The molecule has 5 rings (SSSR count). The molecule has 35 heavy (non-hydrogen) atoms. The monoisotopic (exact) mass is 484 g/mol. The normalized spacial score (nSPS) is 18.3. The summed E-state index contributed by atoms with van der Waals surface area (Å²) in [6.45, 7) is 1.40. The van der Waals surface area contributed by atoms with Crippen molar-refractivity contribution in [3.63, 3.8) is 0 Å². The average Bonchev–Trinajstić information content (AvgIpc) is 3.23. The molecule has 2 aliphatic heterocycles. The average molecular weight is 485 g/mol. The van der Waals surface area contributed by atoms with Gasteiger partial charge >= 0.3 is 0 Å². The number of hydrogen-bond acceptors (Lipinski definition) is 8. The fourth-order valence-corrected chi connectivity index (χ4v) is 4.59. The number of piperidine rings is 1. The highest BCUT2D eigenvalue weighted by Gasteiger charge is 2.63. The first-order valence-corrected chi connectivity index (χ1v) is 11.2. The van der Waals surface area contributed by atoms with Crippen LogP contribution in [0.25, 0.3) is 11.4 Å². The third-order valence-electron chi connectivity index (χ3n) is 6.68. The number of aromatic nitrogens is 5. The van der Waals surface area contributed by atoms with Crippen molar-refractivity contribution in [1.29, 1.82) is 0 Å². The molecule has 0 aliphatic carbocycles. The van der Waals surface area contributed by atoms with E-state index >= 15 is 8.78 Å². The summed E-state index contributed by atoms with van der Waals surface area (Å²) >= 11 is 0. The molecule has 0 atom stereocenters. The number of amides is 1. The number of nitrogens with zero attached hydrogens (tertiary/aromatic N) is 7. The summed E-state index contributed by atoms with van der Waals surface area (Å²) in [6, 6.07) is 5.18. The summed E-state index contributed by atoms with van der Waals surface area (Å²) in [5, 5.41) is 7.35. The number of hydrogen-bond donors (Lipinski definition) is 1. The van der Waals surface area contributed by atoms with Crippen LogP contribution in [-0.2, 0) is 11.8 Å². The maximum atomic E-state index is 15.1. The molecule has 0 saturated carbocycles. The molecule has 0 unspecified atom stereocenters. The fraction of sp³-hybridized carbons (Fsp3) is 0.435. The lowest BCUT2D eigenvalue weighted by atomic mass is 9.69. The van der Waals surface area contributed by atoms with Crippen molar-refractivity contribution >= 4 is 23.4 Å². The summed E-state index contributed by atoms with van der Waals surface area (Å²) in [5.41, 5.74) is -0.480. The molecule has 5 heterocycles. The lowest BCUT2D eigenvalue weighted by Gasteiger charge is -2.57. The number of likely N-dealkylation sites (tertiary alicyclic amines) is 1. The molecule has 3 aromatic rings. The molecule has 3 aromatic heterocycles. The van der Waals surface area contributed by atoms with E-state index in [9.17, 15) is 4.79 Å². The van der Waals surface area contributed by atoms with E-state index in [1.165, 1.54) is 11.8 Å². The summed E-state index contributed by atoms with van der Waals surface area (Å²) in [6.07, 6.45) is 5.29. The maximum Gasteiger partial charge on any atom is 0.274 e. The number of carbonyl (C=O) groups is 1. The van der Waals surface area contributed by atoms with Crippen LogP contribution in [0.2, 0.25) is 0 Å². The fourth-order valence-electron chi connectivity index (χ4n) is 4.59. The van der Waals surface area contributed by atoms with Crippen molar-refractivity contribution in [3.8, 4) is 17.1 Å². The minimum Gasteiger partial charge on any atom is -0.497 e. The van der Waals surface area contributed by atoms with Crippen molar-refractivity contribution in [1.82, 2.24) is 29.6 Å². The van der Waals surface area contributed by atoms with Crippen LogP contribution in [0.5, 0.6) is 5.75 Å². The van der Waals surface area contributed by atoms with Crippen LogP contribution in [0, 0.1) is 5.41 Å². The SMILES string of the molecule is COc1ccnc(Nc2cc(N3CC4(CCN(C(C)=O)CC4(F)F)C3)nc(-c3cnn(C)c3)n2)c1. The van der Waals surface area contributed by atoms with Gasteiger partial charge in [0.15, 0.2) is 5.82 Å². The molecule has 0 aromatic carbocycles. The van der Waals surface area contributed by atoms with Crippen molar-refractivity contribution in [2.24, 2.45) is 12.5 Å². The van der Waals surface area contributed by atoms with Crippen LogP contribution in [0.4, 0.5) is 26.2 Å². The standard InChI is InChI=1S/C23H26F2N8O2/c1-15(34)32-7-5-22(23(24,25)14-32)12-33(13-22)20-9-19(28-18-8-17(35-3)4-6-26-18)29-21(30-20)16-10-27-31(2)11-16/h4,6,8-11H,5,7,12-14H2,1-3H3,(H,26,28,29,30). The molecule has 0 bridgehead atoms. The predicted octanol–water partition coefficient (Wildman–Crippen LogP) is 2.72. The molecular weight excluding hydrogens is 458 g/mol. The minimum atomic E-state index is -2.97. The van der Waals surface area contributed by atoms with Gasteiger partial charge in [-0.15, -0.1) is 0 Å². The second kappa shape index (κ2) is 8.43. The third-order valence-corrected chi connectivity index (χ3v) is 6.68. The summed E-state index contributed by atoms with van der Waals surface area (Å²) in [5.74, 6) is -0.733. The van der Waals surface area contributed by atoms with E-state index in [0.29, 0.717) is 41.1 Å². The number of carbonyl (C=O) groups excluding carboxylic acids is 1. The highest BCUT2D eigenvalue weighted by atomic mass is 19.3. The van der Waals surface area contributed by atoms with Gasteiger partial charge in [0, 0.05) is 58.1 Å². The smallest absolute Gasteiger partial charge is 0.274 e. The Kier molecular flexibility index (Phi) is 5.53. The largest absolute Gasteiger partial charge is 0.497 e. The van der Waals surface area contributed by atoms with E-state index in [-0.39, 0.29) is 25.4 Å². The van der Waals surface area contributed by atoms with Crippen molar-refractivity contribution in [2.75, 3.05) is 43.5 Å². The molecule has 2 aliphatic rings. The van der Waals surface area contributed by atoms with Crippen LogP contribution in [0.3, 0.4) is 0 Å². The van der Waals surface area contributed by atoms with Crippen molar-refractivity contribution in [3.05, 3.63) is 36.8 Å². The van der Waals surface area contributed by atoms with Crippen molar-refractivity contribution < 1.29 is 18.3 Å². The number of anilines is 3. The number of methoxy groups -OCH3 is 1. The predicted molar refractivity (Wildman–Crippen MR) is 125 cm³/mol. The molecule has 0 radical (unpaired) electrons. The van der Waals surface area contributed by atoms with Crippen LogP contribution in [0.1, 0.15) is 13.3 Å². The zero-order chi connectivity index (χ0) is 24.8. The first kappa shape index (κ1) is 22.9. The highest BCUT2D eigenvalue weighted by Crippen LogP contribution is 2.51. The van der Waals surface area contributed by atoms with Gasteiger partial charge in [0.2, 0.25) is 5.91 Å². The highest BCUT2D eigenvalue weighted by molar-refractivity contribution is 5.73. The molecule has 184 valence electrons. The van der Waals surface area contributed by atoms with E-state index in [2.05, 4.69) is 25.4 Å². The molecule has 1 spiro atoms. The quantitative estimate of drug-likeness (QED) is 0.590. The maximum absolute atomic E-state index is 15.1. The number of pyridine rings is 1. The molecule has 1 amide bonds. The number of aryl methyl sites for hydroxylation is 1. The Balaban J connectivity index is 1.43. The lowest BCUT2D eigenvalue weighted by Crippen LogP contribution is -2.70. The number of ether oxygens (including phenoxy) is 1. The van der Waals surface area contributed by atoms with Crippen LogP contribution in [-0.4, -0.2) is 74.8 Å². The molecule has 12 heteroatoms. The van der Waals surface area contributed by atoms with E-state index in [4.69, 9.17) is 4.74 Å². The van der Waals surface area contributed by atoms with E-state index in [1.807, 2.05) is 4.90 Å². The van der Waals surface area contributed by atoms with Gasteiger partial charge in [0.1, 0.15) is 23.2 Å². The van der Waals surface area contributed by atoms with Crippen LogP contribution in [0.15, 0.2) is 36.8 Å². The van der Waals surface area contributed by atoms with Gasteiger partial charge in [0.25, 0.3) is 5.92 Å². The molecule has 2 fully saturated rings. The molecular formula is C23H26F2N8O2. The Morgan fingerprint density at radius 2 is 1.97 bits per heavy atom. The number of rotatable bonds is 5. The first-order valence-electron chi connectivity index (χ1n) is 11.2.